The lowest BCUT2D eigenvalue weighted by Gasteiger charge is -2.22. The number of benzene rings is 1. The van der Waals surface area contributed by atoms with E-state index < -0.39 is 54.3 Å². The zero-order chi connectivity index (χ0) is 24.3. The third kappa shape index (κ3) is 10.0. The summed E-state index contributed by atoms with van der Waals surface area (Å²) in [6, 6.07) is 5.43. The van der Waals surface area contributed by atoms with Gasteiger partial charge in [-0.15, -0.1) is 0 Å². The summed E-state index contributed by atoms with van der Waals surface area (Å²) in [4.78, 5) is 59.3. The van der Waals surface area contributed by atoms with Crippen molar-refractivity contribution in [3.05, 3.63) is 35.9 Å². The number of nitrogens with one attached hydrogen (secondary N) is 3. The first kappa shape index (κ1) is 26.6. The molecule has 0 fully saturated rings. The monoisotopic (exact) mass is 449 g/mol. The van der Waals surface area contributed by atoms with E-state index in [1.54, 1.807) is 30.3 Å². The zero-order valence-corrected chi connectivity index (χ0v) is 18.2. The summed E-state index contributed by atoms with van der Waals surface area (Å²) in [6.45, 7) is 3.20. The van der Waals surface area contributed by atoms with Crippen LogP contribution in [0.5, 0.6) is 0 Å². The summed E-state index contributed by atoms with van der Waals surface area (Å²) in [5.41, 5.74) is 11.4. The lowest BCUT2D eigenvalue weighted by molar-refractivity contribution is -0.141. The summed E-state index contributed by atoms with van der Waals surface area (Å²) in [5.74, 6) is -3.98. The van der Waals surface area contributed by atoms with Gasteiger partial charge in [0.25, 0.3) is 0 Å². The second-order valence-electron chi connectivity index (χ2n) is 7.83. The molecule has 0 aromatic heterocycles. The van der Waals surface area contributed by atoms with E-state index in [1.807, 2.05) is 13.8 Å². The van der Waals surface area contributed by atoms with Crippen LogP contribution in [0.1, 0.15) is 32.3 Å². The summed E-state index contributed by atoms with van der Waals surface area (Å²) in [6.07, 6.45) is -0.0316. The molecule has 0 radical (unpaired) electrons. The molecule has 8 N–H and O–H groups in total. The van der Waals surface area contributed by atoms with Gasteiger partial charge in [-0.05, 0) is 17.9 Å². The molecule has 176 valence electrons. The molecular formula is C21H31N5O6. The molecule has 0 aliphatic heterocycles. The van der Waals surface area contributed by atoms with Crippen molar-refractivity contribution in [2.24, 2.45) is 17.4 Å². The van der Waals surface area contributed by atoms with Gasteiger partial charge in [-0.2, -0.15) is 0 Å². The van der Waals surface area contributed by atoms with Gasteiger partial charge in [-0.3, -0.25) is 19.2 Å². The number of nitrogens with two attached hydrogens (primary N) is 2. The maximum atomic E-state index is 12.5. The number of hydrogen-bond donors (Lipinski definition) is 6. The highest BCUT2D eigenvalue weighted by molar-refractivity contribution is 5.93. The van der Waals surface area contributed by atoms with E-state index >= 15 is 0 Å². The maximum absolute atomic E-state index is 12.5. The minimum atomic E-state index is -1.21. The van der Waals surface area contributed by atoms with Crippen molar-refractivity contribution < 1.29 is 29.1 Å². The molecule has 11 heteroatoms. The summed E-state index contributed by atoms with van der Waals surface area (Å²) in [5, 5.41) is 16.6. The number of carbonyl (C=O) groups is 5. The van der Waals surface area contributed by atoms with E-state index in [0.717, 1.165) is 5.56 Å². The summed E-state index contributed by atoms with van der Waals surface area (Å²) in [7, 11) is 0. The van der Waals surface area contributed by atoms with Crippen molar-refractivity contribution in [2.45, 2.75) is 51.2 Å². The fraction of sp³-hybridized carbons (Fsp3) is 0.476. The number of carboxylic acids is 1. The van der Waals surface area contributed by atoms with Gasteiger partial charge in [0, 0.05) is 6.42 Å². The number of aliphatic carboxylic acids is 1. The fourth-order valence-corrected chi connectivity index (χ4v) is 2.88. The average molecular weight is 450 g/mol. The first-order valence-electron chi connectivity index (χ1n) is 10.2. The van der Waals surface area contributed by atoms with Crippen LogP contribution in [0, 0.1) is 5.92 Å². The highest BCUT2D eigenvalue weighted by atomic mass is 16.4. The van der Waals surface area contributed by atoms with Crippen LogP contribution < -0.4 is 27.4 Å². The number of rotatable bonds is 13. The van der Waals surface area contributed by atoms with E-state index in [-0.39, 0.29) is 25.2 Å². The maximum Gasteiger partial charge on any atom is 0.326 e. The third-order valence-electron chi connectivity index (χ3n) is 4.44. The fourth-order valence-electron chi connectivity index (χ4n) is 2.88. The number of amides is 4. The molecule has 11 nitrogen and oxygen atoms in total. The number of primary amides is 1. The molecule has 3 atom stereocenters. The zero-order valence-electron chi connectivity index (χ0n) is 18.2. The number of carbonyl (C=O) groups excluding carboxylic acids is 4. The third-order valence-corrected chi connectivity index (χ3v) is 4.44. The van der Waals surface area contributed by atoms with Gasteiger partial charge in [0.15, 0.2) is 0 Å². The highest BCUT2D eigenvalue weighted by Crippen LogP contribution is 2.06. The normalized spacial score (nSPS) is 13.5. The first-order chi connectivity index (χ1) is 15.0. The van der Waals surface area contributed by atoms with Crippen molar-refractivity contribution in [3.8, 4) is 0 Å². The minimum Gasteiger partial charge on any atom is -0.480 e. The predicted octanol–water partition coefficient (Wildman–Crippen LogP) is -1.35. The van der Waals surface area contributed by atoms with Gasteiger partial charge in [0.1, 0.15) is 12.1 Å². The summed E-state index contributed by atoms with van der Waals surface area (Å²) < 4.78 is 0. The van der Waals surface area contributed by atoms with Gasteiger partial charge < -0.3 is 32.5 Å². The highest BCUT2D eigenvalue weighted by Gasteiger charge is 2.26. The molecule has 0 heterocycles. The Balaban J connectivity index is 2.67. The van der Waals surface area contributed by atoms with Crippen molar-refractivity contribution in [1.82, 2.24) is 16.0 Å². The molecule has 0 aliphatic carbocycles. The lowest BCUT2D eigenvalue weighted by atomic mass is 10.0. The molecule has 3 unspecified atom stereocenters. The van der Waals surface area contributed by atoms with Crippen LogP contribution in [0.25, 0.3) is 0 Å². The van der Waals surface area contributed by atoms with Gasteiger partial charge in [-0.25, -0.2) is 4.79 Å². The molecule has 4 amide bonds. The van der Waals surface area contributed by atoms with Crippen LogP contribution in [0.15, 0.2) is 30.3 Å². The van der Waals surface area contributed by atoms with E-state index in [4.69, 9.17) is 11.5 Å². The standard InChI is InChI=1S/C21H31N5O6/c1-12(2)8-15(26-19(29)14(22)10-17(23)27)20(30)24-11-18(28)25-16(21(31)32)9-13-6-4-3-5-7-13/h3-7,12,14-16H,8-11,22H2,1-2H3,(H2,23,27)(H,24,30)(H,25,28)(H,26,29)(H,31,32). The molecule has 32 heavy (non-hydrogen) atoms. The van der Waals surface area contributed by atoms with Gasteiger partial charge in [0.05, 0.1) is 19.0 Å². The molecule has 0 spiro atoms. The Labute approximate surface area is 186 Å². The van der Waals surface area contributed by atoms with Crippen molar-refractivity contribution in [1.29, 1.82) is 0 Å². The first-order valence-corrected chi connectivity index (χ1v) is 10.2. The molecular weight excluding hydrogens is 418 g/mol. The average Bonchev–Trinajstić information content (AvgIpc) is 2.70. The van der Waals surface area contributed by atoms with Gasteiger partial charge >= 0.3 is 5.97 Å². The van der Waals surface area contributed by atoms with Crippen molar-refractivity contribution >= 4 is 29.6 Å². The Morgan fingerprint density at radius 3 is 2.12 bits per heavy atom. The van der Waals surface area contributed by atoms with E-state index in [2.05, 4.69) is 16.0 Å². The molecule has 0 saturated heterocycles. The molecule has 1 aromatic carbocycles. The quantitative estimate of drug-likeness (QED) is 0.214. The SMILES string of the molecule is CC(C)CC(NC(=O)C(N)CC(N)=O)C(=O)NCC(=O)NC(Cc1ccccc1)C(=O)O. The minimum absolute atomic E-state index is 0.0227. The second-order valence-corrected chi connectivity index (χ2v) is 7.83. The topological polar surface area (TPSA) is 194 Å². The molecule has 0 bridgehead atoms. The smallest absolute Gasteiger partial charge is 0.326 e. The second kappa shape index (κ2) is 13.1. The predicted molar refractivity (Wildman–Crippen MR) is 116 cm³/mol. The van der Waals surface area contributed by atoms with E-state index in [1.165, 1.54) is 0 Å². The van der Waals surface area contributed by atoms with Crippen LogP contribution in [0.4, 0.5) is 0 Å². The van der Waals surface area contributed by atoms with Gasteiger partial charge in [-0.1, -0.05) is 44.2 Å². The van der Waals surface area contributed by atoms with Crippen molar-refractivity contribution in [2.75, 3.05) is 6.54 Å². The number of carboxylic acid groups (broad SMARTS) is 1. The Hall–Kier alpha value is -3.47. The largest absolute Gasteiger partial charge is 0.480 e. The molecule has 1 rings (SSSR count). The Bertz CT molecular complexity index is 814. The Morgan fingerprint density at radius 2 is 1.59 bits per heavy atom. The molecule has 0 aliphatic rings. The van der Waals surface area contributed by atoms with E-state index in [0.29, 0.717) is 0 Å². The van der Waals surface area contributed by atoms with Crippen LogP contribution in [0.2, 0.25) is 0 Å². The lowest BCUT2D eigenvalue weighted by Crippen LogP contribution is -2.54. The number of hydrogen-bond acceptors (Lipinski definition) is 6. The van der Waals surface area contributed by atoms with Crippen LogP contribution in [0.3, 0.4) is 0 Å². The Morgan fingerprint density at radius 1 is 0.969 bits per heavy atom. The van der Waals surface area contributed by atoms with Crippen LogP contribution >= 0.6 is 0 Å². The van der Waals surface area contributed by atoms with Crippen molar-refractivity contribution in [3.63, 3.8) is 0 Å². The molecule has 0 saturated carbocycles. The van der Waals surface area contributed by atoms with Crippen LogP contribution in [-0.2, 0) is 30.4 Å². The van der Waals surface area contributed by atoms with E-state index in [9.17, 15) is 29.1 Å². The Kier molecular flexibility index (Phi) is 10.8. The summed E-state index contributed by atoms with van der Waals surface area (Å²) >= 11 is 0. The van der Waals surface area contributed by atoms with Crippen LogP contribution in [-0.4, -0.2) is 59.4 Å². The van der Waals surface area contributed by atoms with Gasteiger partial charge in [0.2, 0.25) is 23.6 Å². The molecule has 1 aromatic rings.